The Hall–Kier alpha value is -0.810. The normalized spacial score (nSPS) is 52.2. The summed E-state index contributed by atoms with van der Waals surface area (Å²) < 4.78 is 0. The molecule has 0 aliphatic heterocycles. The van der Waals surface area contributed by atoms with E-state index in [1.807, 2.05) is 0 Å². The molecule has 0 heterocycles. The summed E-state index contributed by atoms with van der Waals surface area (Å²) >= 11 is 0. The monoisotopic (exact) mass is 314 g/mol. The number of fused-ring (bicyclic) bond motifs is 5. The van der Waals surface area contributed by atoms with Gasteiger partial charge in [0.25, 0.3) is 0 Å². The Labute approximate surface area is 140 Å². The highest BCUT2D eigenvalue weighted by molar-refractivity contribution is 5.79. The molecule has 4 fully saturated rings. The average molecular weight is 314 g/mol. The van der Waals surface area contributed by atoms with Crippen LogP contribution in [0, 0.1) is 47.3 Å². The molecule has 1 N–H and O–H groups in total. The molecule has 4 aliphatic carbocycles. The number of terminal acetylenes is 1. The van der Waals surface area contributed by atoms with Crippen molar-refractivity contribution in [3.05, 3.63) is 0 Å². The van der Waals surface area contributed by atoms with Crippen molar-refractivity contribution < 1.29 is 9.90 Å². The van der Waals surface area contributed by atoms with Crippen LogP contribution in [-0.2, 0) is 4.79 Å². The van der Waals surface area contributed by atoms with E-state index in [9.17, 15) is 9.90 Å². The molecule has 0 saturated heterocycles. The zero-order valence-corrected chi connectivity index (χ0v) is 14.4. The van der Waals surface area contributed by atoms with Crippen molar-refractivity contribution in [2.45, 2.75) is 76.7 Å². The zero-order chi connectivity index (χ0) is 16.2. The Bertz CT molecular complexity index is 547. The van der Waals surface area contributed by atoms with Gasteiger partial charge in [0.05, 0.1) is 0 Å². The van der Waals surface area contributed by atoms with E-state index in [0.717, 1.165) is 62.7 Å². The Morgan fingerprint density at radius 1 is 1.13 bits per heavy atom. The maximum atomic E-state index is 11.8. The van der Waals surface area contributed by atoms with Gasteiger partial charge in [0, 0.05) is 18.3 Å². The molecule has 23 heavy (non-hydrogen) atoms. The molecule has 4 saturated carbocycles. The van der Waals surface area contributed by atoms with Crippen molar-refractivity contribution in [3.63, 3.8) is 0 Å². The highest BCUT2D eigenvalue weighted by atomic mass is 16.3. The summed E-state index contributed by atoms with van der Waals surface area (Å²) in [4.78, 5) is 11.8. The van der Waals surface area contributed by atoms with Crippen LogP contribution in [0.15, 0.2) is 0 Å². The van der Waals surface area contributed by atoms with Gasteiger partial charge in [0.1, 0.15) is 11.4 Å². The van der Waals surface area contributed by atoms with Crippen LogP contribution in [-0.4, -0.2) is 16.5 Å². The van der Waals surface area contributed by atoms with E-state index >= 15 is 0 Å². The van der Waals surface area contributed by atoms with Gasteiger partial charge in [0.15, 0.2) is 0 Å². The first kappa shape index (κ1) is 15.7. The van der Waals surface area contributed by atoms with Crippen molar-refractivity contribution >= 4 is 5.78 Å². The van der Waals surface area contributed by atoms with Crippen LogP contribution in [0.4, 0.5) is 0 Å². The van der Waals surface area contributed by atoms with Crippen LogP contribution in [0.5, 0.6) is 0 Å². The Kier molecular flexibility index (Phi) is 3.65. The van der Waals surface area contributed by atoms with Gasteiger partial charge in [0.2, 0.25) is 0 Å². The minimum atomic E-state index is -0.878. The number of carbonyl (C=O) groups excluding carboxylic acids is 1. The van der Waals surface area contributed by atoms with Crippen molar-refractivity contribution in [2.24, 2.45) is 35.0 Å². The van der Waals surface area contributed by atoms with E-state index in [4.69, 9.17) is 6.42 Å². The lowest BCUT2D eigenvalue weighted by Crippen LogP contribution is -2.54. The lowest BCUT2D eigenvalue weighted by Gasteiger charge is -2.57. The quantitative estimate of drug-likeness (QED) is 0.744. The number of rotatable bonds is 1. The van der Waals surface area contributed by atoms with Crippen LogP contribution in [0.1, 0.15) is 71.1 Å². The molecule has 0 radical (unpaired) electrons. The van der Waals surface area contributed by atoms with E-state index in [2.05, 4.69) is 12.8 Å². The fourth-order valence-corrected chi connectivity index (χ4v) is 7.44. The number of aliphatic hydroxyl groups is 1. The molecule has 0 bridgehead atoms. The first-order valence-electron chi connectivity index (χ1n) is 9.76. The maximum absolute atomic E-state index is 11.8. The van der Waals surface area contributed by atoms with Crippen LogP contribution >= 0.6 is 0 Å². The van der Waals surface area contributed by atoms with E-state index in [1.54, 1.807) is 0 Å². The molecule has 2 nitrogen and oxygen atoms in total. The maximum Gasteiger partial charge on any atom is 0.133 e. The molecule has 7 atom stereocenters. The minimum absolute atomic E-state index is 0.0414. The van der Waals surface area contributed by atoms with E-state index in [-0.39, 0.29) is 5.41 Å². The van der Waals surface area contributed by atoms with Crippen molar-refractivity contribution in [2.75, 3.05) is 0 Å². The topological polar surface area (TPSA) is 37.3 Å². The molecule has 2 heteroatoms. The molecule has 0 aromatic carbocycles. The largest absolute Gasteiger partial charge is 0.377 e. The lowest BCUT2D eigenvalue weighted by atomic mass is 9.48. The third-order valence-corrected chi connectivity index (χ3v) is 8.48. The van der Waals surface area contributed by atoms with Gasteiger partial charge < -0.3 is 5.11 Å². The fraction of sp³-hybridized carbons (Fsp3) is 0.857. The number of hydrogen-bond donors (Lipinski definition) is 1. The zero-order valence-electron chi connectivity index (χ0n) is 14.4. The summed E-state index contributed by atoms with van der Waals surface area (Å²) in [6, 6.07) is 0. The standard InChI is InChI=1S/C21H30O2/c1-3-20-11-9-17-16-8-6-15(22)13-14(16)5-7-18(17)19(20)10-12-21(20,23)4-2/h2,14,16-19,23H,3,5-13H2,1H3. The van der Waals surface area contributed by atoms with Gasteiger partial charge in [-0.3, -0.25) is 4.79 Å². The predicted molar refractivity (Wildman–Crippen MR) is 90.5 cm³/mol. The van der Waals surface area contributed by atoms with E-state index in [1.165, 1.54) is 19.3 Å². The molecule has 0 aromatic heterocycles. The van der Waals surface area contributed by atoms with Gasteiger partial charge in [-0.05, 0) is 81.0 Å². The number of ketones is 1. The second-order valence-corrected chi connectivity index (χ2v) is 8.81. The molecule has 0 aromatic rings. The molecule has 0 amide bonds. The molecule has 4 rings (SSSR count). The summed E-state index contributed by atoms with van der Waals surface area (Å²) in [5.74, 6) is 6.83. The second kappa shape index (κ2) is 5.35. The highest BCUT2D eigenvalue weighted by Crippen LogP contribution is 2.66. The minimum Gasteiger partial charge on any atom is -0.377 e. The molecular weight excluding hydrogens is 284 g/mol. The van der Waals surface area contributed by atoms with Crippen LogP contribution < -0.4 is 0 Å². The van der Waals surface area contributed by atoms with Gasteiger partial charge >= 0.3 is 0 Å². The molecular formula is C21H30O2. The lowest BCUT2D eigenvalue weighted by molar-refractivity contribution is -0.133. The van der Waals surface area contributed by atoms with Gasteiger partial charge in [-0.1, -0.05) is 12.8 Å². The third-order valence-electron chi connectivity index (χ3n) is 8.48. The first-order chi connectivity index (χ1) is 11.0. The fourth-order valence-electron chi connectivity index (χ4n) is 7.44. The number of hydrogen-bond acceptors (Lipinski definition) is 2. The van der Waals surface area contributed by atoms with Crippen LogP contribution in [0.3, 0.4) is 0 Å². The van der Waals surface area contributed by atoms with Crippen molar-refractivity contribution in [3.8, 4) is 12.3 Å². The van der Waals surface area contributed by atoms with Gasteiger partial charge in [-0.2, -0.15) is 0 Å². The van der Waals surface area contributed by atoms with E-state index in [0.29, 0.717) is 17.6 Å². The smallest absolute Gasteiger partial charge is 0.133 e. The van der Waals surface area contributed by atoms with Gasteiger partial charge in [-0.25, -0.2) is 0 Å². The average Bonchev–Trinajstić information content (AvgIpc) is 2.88. The Morgan fingerprint density at radius 2 is 1.96 bits per heavy atom. The Morgan fingerprint density at radius 3 is 2.70 bits per heavy atom. The van der Waals surface area contributed by atoms with E-state index < -0.39 is 5.60 Å². The molecule has 126 valence electrons. The summed E-state index contributed by atoms with van der Waals surface area (Å²) in [5, 5.41) is 11.1. The SMILES string of the molecule is C#CC1(O)CCC2C3CCC4CC(=O)CCC4C3CCC21CC. The summed E-state index contributed by atoms with van der Waals surface area (Å²) in [6.45, 7) is 2.23. The molecule has 4 aliphatic rings. The summed E-state index contributed by atoms with van der Waals surface area (Å²) in [7, 11) is 0. The summed E-state index contributed by atoms with van der Waals surface area (Å²) in [6.07, 6.45) is 16.2. The number of Topliss-reactive ketones (excluding diaryl/α,β-unsaturated/α-hetero) is 1. The number of carbonyl (C=O) groups is 1. The first-order valence-corrected chi connectivity index (χ1v) is 9.76. The molecule has 7 unspecified atom stereocenters. The van der Waals surface area contributed by atoms with Crippen molar-refractivity contribution in [1.82, 2.24) is 0 Å². The van der Waals surface area contributed by atoms with Crippen LogP contribution in [0.25, 0.3) is 0 Å². The third kappa shape index (κ3) is 2.02. The van der Waals surface area contributed by atoms with Crippen molar-refractivity contribution in [1.29, 1.82) is 0 Å². The highest BCUT2D eigenvalue weighted by Gasteiger charge is 2.63. The molecule has 0 spiro atoms. The predicted octanol–water partition coefficient (Wildman–Crippen LogP) is 3.96. The van der Waals surface area contributed by atoms with Gasteiger partial charge in [-0.15, -0.1) is 6.42 Å². The van der Waals surface area contributed by atoms with Crippen LogP contribution in [0.2, 0.25) is 0 Å². The Balaban J connectivity index is 1.63. The summed E-state index contributed by atoms with van der Waals surface area (Å²) in [5.41, 5.74) is -0.920. The second-order valence-electron chi connectivity index (χ2n) is 8.81.